The number of nitrogens with zero attached hydrogens (tertiary/aromatic N) is 1. The van der Waals surface area contributed by atoms with Crippen LogP contribution in [0.15, 0.2) is 12.5 Å². The summed E-state index contributed by atoms with van der Waals surface area (Å²) in [4.78, 5) is 123. The number of amides is 7. The molecule has 7 amide bonds. The Morgan fingerprint density at radius 2 is 1.28 bits per heavy atom. The lowest BCUT2D eigenvalue weighted by molar-refractivity contribution is -0.141. The molecule has 15 N–H and O–H groups in total. The van der Waals surface area contributed by atoms with E-state index in [1.807, 2.05) is 13.8 Å². The van der Waals surface area contributed by atoms with Gasteiger partial charge in [0.05, 0.1) is 30.5 Å². The maximum atomic E-state index is 13.6. The SMILES string of the molecule is CC(C)C[C@H](N)C(=O)N[C@@H](CCCNC(=N)N)C(=O)N[C@@H](C)C(=O)N[C@@H](Cc1c[nH]cn1)C(=O)N[C@@H](C)C(=O)N[C@H](C(=O)N[C@@H](CC(=O)O)C(=O)N[C@H]([C]=O)C(C)C)C(C)C. The Labute approximate surface area is 355 Å². The van der Waals surface area contributed by atoms with E-state index in [1.54, 1.807) is 34.0 Å². The van der Waals surface area contributed by atoms with Gasteiger partial charge in [-0.05, 0) is 50.9 Å². The minimum absolute atomic E-state index is 0.0985. The van der Waals surface area contributed by atoms with Crippen molar-refractivity contribution in [1.82, 2.24) is 52.5 Å². The van der Waals surface area contributed by atoms with Crippen molar-refractivity contribution in [1.29, 1.82) is 5.41 Å². The highest BCUT2D eigenvalue weighted by Gasteiger charge is 2.34. The lowest BCUT2D eigenvalue weighted by Gasteiger charge is -2.27. The summed E-state index contributed by atoms with van der Waals surface area (Å²) in [6.07, 6.45) is 4.26. The quantitative estimate of drug-likeness (QED) is 0.0237. The minimum atomic E-state index is -1.61. The van der Waals surface area contributed by atoms with Crippen LogP contribution in [0.3, 0.4) is 0 Å². The molecule has 23 nitrogen and oxygen atoms in total. The van der Waals surface area contributed by atoms with E-state index in [0.717, 1.165) is 0 Å². The summed E-state index contributed by atoms with van der Waals surface area (Å²) in [5.41, 5.74) is 11.7. The van der Waals surface area contributed by atoms with Gasteiger partial charge in [-0.1, -0.05) is 41.5 Å². The predicted molar refractivity (Wildman–Crippen MR) is 221 cm³/mol. The zero-order valence-electron chi connectivity index (χ0n) is 36.0. The van der Waals surface area contributed by atoms with Gasteiger partial charge in [0.1, 0.15) is 36.3 Å². The molecule has 0 aliphatic carbocycles. The highest BCUT2D eigenvalue weighted by molar-refractivity contribution is 5.98. The molecule has 0 aliphatic rings. The van der Waals surface area contributed by atoms with Crippen LogP contribution in [-0.4, -0.2) is 130 Å². The molecule has 1 aromatic heterocycles. The average molecular weight is 863 g/mol. The summed E-state index contributed by atoms with van der Waals surface area (Å²) in [5, 5.41) is 36.7. The van der Waals surface area contributed by atoms with E-state index in [2.05, 4.69) is 52.5 Å². The van der Waals surface area contributed by atoms with Gasteiger partial charge in [-0.25, -0.2) is 4.98 Å². The number of imidazole rings is 1. The third-order valence-corrected chi connectivity index (χ3v) is 9.14. The summed E-state index contributed by atoms with van der Waals surface area (Å²) < 4.78 is 0. The Morgan fingerprint density at radius 3 is 1.77 bits per heavy atom. The number of carboxylic acids is 1. The number of hydrogen-bond donors (Lipinski definition) is 13. The molecule has 1 heterocycles. The lowest BCUT2D eigenvalue weighted by atomic mass is 10.0. The number of aromatic nitrogens is 2. The van der Waals surface area contributed by atoms with Gasteiger partial charge in [-0.15, -0.1) is 0 Å². The van der Waals surface area contributed by atoms with E-state index in [0.29, 0.717) is 18.5 Å². The number of H-pyrrole nitrogens is 1. The van der Waals surface area contributed by atoms with Crippen molar-refractivity contribution in [3.63, 3.8) is 0 Å². The van der Waals surface area contributed by atoms with E-state index < -0.39 is 108 Å². The number of guanidine groups is 1. The normalized spacial score (nSPS) is 15.1. The fourth-order valence-corrected chi connectivity index (χ4v) is 5.61. The van der Waals surface area contributed by atoms with Crippen molar-refractivity contribution >= 4 is 59.6 Å². The summed E-state index contributed by atoms with van der Waals surface area (Å²) in [6.45, 7) is 13.1. The van der Waals surface area contributed by atoms with Crippen LogP contribution in [0.25, 0.3) is 0 Å². The van der Waals surface area contributed by atoms with Gasteiger partial charge < -0.3 is 64.1 Å². The molecule has 61 heavy (non-hydrogen) atoms. The van der Waals surface area contributed by atoms with Gasteiger partial charge >= 0.3 is 5.97 Å². The second kappa shape index (κ2) is 26.2. The Balaban J connectivity index is 3.13. The first kappa shape index (κ1) is 52.9. The molecule has 341 valence electrons. The Hall–Kier alpha value is -6.13. The Bertz CT molecular complexity index is 1670. The first-order chi connectivity index (χ1) is 28.5. The third kappa shape index (κ3) is 19.7. The van der Waals surface area contributed by atoms with Crippen LogP contribution in [0, 0.1) is 23.2 Å². The molecule has 0 spiro atoms. The second-order valence-corrected chi connectivity index (χ2v) is 15.8. The van der Waals surface area contributed by atoms with Gasteiger partial charge in [0, 0.05) is 19.2 Å². The zero-order valence-corrected chi connectivity index (χ0v) is 36.0. The van der Waals surface area contributed by atoms with E-state index in [4.69, 9.17) is 16.9 Å². The molecule has 0 unspecified atom stereocenters. The summed E-state index contributed by atoms with van der Waals surface area (Å²) in [5.74, 6) is -8.20. The molecule has 8 atom stereocenters. The molecule has 0 fully saturated rings. The number of carboxylic acid groups (broad SMARTS) is 1. The minimum Gasteiger partial charge on any atom is -0.481 e. The van der Waals surface area contributed by atoms with Crippen LogP contribution in [0.2, 0.25) is 0 Å². The van der Waals surface area contributed by atoms with Crippen molar-refractivity contribution in [2.45, 2.75) is 136 Å². The fraction of sp³-hybridized carbons (Fsp3) is 0.658. The molecule has 0 bridgehead atoms. The van der Waals surface area contributed by atoms with Crippen LogP contribution in [0.5, 0.6) is 0 Å². The Kier molecular flexibility index (Phi) is 22.7. The first-order valence-corrected chi connectivity index (χ1v) is 20.0. The van der Waals surface area contributed by atoms with Crippen molar-refractivity contribution in [2.24, 2.45) is 29.2 Å². The maximum absolute atomic E-state index is 13.6. The summed E-state index contributed by atoms with van der Waals surface area (Å²) >= 11 is 0. The van der Waals surface area contributed by atoms with E-state index >= 15 is 0 Å². The number of nitrogens with one attached hydrogen (secondary N) is 10. The van der Waals surface area contributed by atoms with Crippen molar-refractivity contribution in [3.05, 3.63) is 18.2 Å². The number of hydrogen-bond acceptors (Lipinski definition) is 12. The van der Waals surface area contributed by atoms with Gasteiger partial charge in [0.15, 0.2) is 5.96 Å². The number of aliphatic carboxylic acids is 1. The molecule has 0 saturated carbocycles. The van der Waals surface area contributed by atoms with E-state index in [1.165, 1.54) is 26.4 Å². The van der Waals surface area contributed by atoms with Crippen molar-refractivity contribution in [3.8, 4) is 0 Å². The highest BCUT2D eigenvalue weighted by Crippen LogP contribution is 2.08. The van der Waals surface area contributed by atoms with E-state index in [9.17, 15) is 48.3 Å². The summed E-state index contributed by atoms with van der Waals surface area (Å²) in [6, 6.07) is -9.91. The van der Waals surface area contributed by atoms with Crippen LogP contribution < -0.4 is 54.0 Å². The molecular weight excluding hydrogens is 798 g/mol. The fourth-order valence-electron chi connectivity index (χ4n) is 5.61. The molecule has 0 aromatic carbocycles. The molecule has 0 saturated heterocycles. The molecule has 1 aromatic rings. The highest BCUT2D eigenvalue weighted by atomic mass is 16.4. The molecule has 23 heteroatoms. The lowest BCUT2D eigenvalue weighted by Crippen LogP contribution is -2.60. The maximum Gasteiger partial charge on any atom is 0.305 e. The van der Waals surface area contributed by atoms with Crippen LogP contribution in [-0.2, 0) is 49.6 Å². The first-order valence-electron chi connectivity index (χ1n) is 20.0. The standard InChI is InChI=1S/C38H64N13O10/c1-18(2)12-24(39)33(57)47-25(10-9-11-43-38(40)41)34(58)45-21(7)31(55)48-26(13-23-15-42-17-44-23)35(59)46-22(8)32(56)51-30(20(5)6)37(61)49-27(14-29(53)54)36(60)50-28(16-52)19(3)4/h15,17-22,24-28,30H,9-14,39H2,1-8H3,(H,42,44)(H,45,58)(H,46,59)(H,47,57)(H,48,55)(H,49,61)(H,50,60)(H,51,56)(H,53,54)(H4,40,41,43)/t21-,22-,24-,25-,26-,27-,28+,30-/m0/s1. The average Bonchev–Trinajstić information content (AvgIpc) is 3.68. The molecule has 1 radical (unpaired) electrons. The van der Waals surface area contributed by atoms with Gasteiger partial charge in [-0.2, -0.15) is 0 Å². The van der Waals surface area contributed by atoms with Gasteiger partial charge in [-0.3, -0.25) is 48.6 Å². The smallest absolute Gasteiger partial charge is 0.305 e. The van der Waals surface area contributed by atoms with E-state index in [-0.39, 0.29) is 37.2 Å². The molecule has 0 aliphatic heterocycles. The zero-order chi connectivity index (χ0) is 46.6. The second-order valence-electron chi connectivity index (χ2n) is 15.8. The van der Waals surface area contributed by atoms with Crippen LogP contribution >= 0.6 is 0 Å². The number of rotatable bonds is 27. The predicted octanol–water partition coefficient (Wildman–Crippen LogP) is -3.08. The molecule has 1 rings (SSSR count). The number of carbonyl (C=O) groups excluding carboxylic acids is 8. The van der Waals surface area contributed by atoms with Crippen molar-refractivity contribution in [2.75, 3.05) is 6.54 Å². The topological polar surface area (TPSA) is 375 Å². The van der Waals surface area contributed by atoms with Gasteiger partial charge in [0.25, 0.3) is 0 Å². The largest absolute Gasteiger partial charge is 0.481 e. The van der Waals surface area contributed by atoms with Gasteiger partial charge in [0.2, 0.25) is 47.6 Å². The third-order valence-electron chi connectivity index (χ3n) is 9.14. The number of aromatic amines is 1. The number of carbonyl (C=O) groups is 8. The monoisotopic (exact) mass is 862 g/mol. The number of nitrogens with two attached hydrogens (primary N) is 2. The Morgan fingerprint density at radius 1 is 0.738 bits per heavy atom. The molecular formula is C38H64N13O10. The van der Waals surface area contributed by atoms with Crippen LogP contribution in [0.1, 0.15) is 86.8 Å². The van der Waals surface area contributed by atoms with Crippen LogP contribution in [0.4, 0.5) is 0 Å². The summed E-state index contributed by atoms with van der Waals surface area (Å²) in [7, 11) is 0. The van der Waals surface area contributed by atoms with Crippen molar-refractivity contribution < 1.29 is 48.3 Å².